The van der Waals surface area contributed by atoms with Gasteiger partial charge in [-0.2, -0.15) is 0 Å². The van der Waals surface area contributed by atoms with Crippen LogP contribution in [0.4, 0.5) is 5.95 Å². The van der Waals surface area contributed by atoms with Crippen LogP contribution in [0.15, 0.2) is 0 Å². The van der Waals surface area contributed by atoms with Gasteiger partial charge in [0.25, 0.3) is 0 Å². The topological polar surface area (TPSA) is 60.0 Å². The maximum absolute atomic E-state index is 5.56. The molecular formula is C10H21N5. The predicted molar refractivity (Wildman–Crippen MR) is 62.1 cm³/mol. The van der Waals surface area contributed by atoms with Gasteiger partial charge in [0.2, 0.25) is 5.95 Å². The number of rotatable bonds is 3. The van der Waals surface area contributed by atoms with Crippen LogP contribution in [0.2, 0.25) is 0 Å². The molecule has 0 aliphatic rings. The molecule has 1 aromatic rings. The van der Waals surface area contributed by atoms with E-state index in [-0.39, 0.29) is 5.54 Å². The summed E-state index contributed by atoms with van der Waals surface area (Å²) in [6, 6.07) is 0. The number of anilines is 1. The second-order valence-corrected chi connectivity index (χ2v) is 4.86. The molecule has 1 aromatic heterocycles. The van der Waals surface area contributed by atoms with Crippen LogP contribution in [0.25, 0.3) is 0 Å². The summed E-state index contributed by atoms with van der Waals surface area (Å²) in [5.74, 6) is 1.83. The lowest BCUT2D eigenvalue weighted by molar-refractivity contribution is 0.384. The molecule has 0 bridgehead atoms. The molecule has 86 valence electrons. The predicted octanol–water partition coefficient (Wildman–Crippen LogP) is 0.600. The number of hydrogen-bond donors (Lipinski definition) is 1. The summed E-state index contributed by atoms with van der Waals surface area (Å²) >= 11 is 0. The Morgan fingerprint density at radius 2 is 1.87 bits per heavy atom. The highest BCUT2D eigenvalue weighted by molar-refractivity contribution is 5.30. The molecule has 0 unspecified atom stereocenters. The first-order valence-electron chi connectivity index (χ1n) is 5.20. The second-order valence-electron chi connectivity index (χ2n) is 4.86. The van der Waals surface area contributed by atoms with Crippen LogP contribution in [-0.4, -0.2) is 35.4 Å². The fourth-order valence-corrected chi connectivity index (χ4v) is 1.57. The van der Waals surface area contributed by atoms with Crippen LogP contribution in [-0.2, 0) is 12.0 Å². The molecule has 5 heteroatoms. The Kier molecular flexibility index (Phi) is 3.34. The summed E-state index contributed by atoms with van der Waals surface area (Å²) in [5.41, 5.74) is 5.54. The lowest BCUT2D eigenvalue weighted by Crippen LogP contribution is -2.29. The number of nitrogens with zero attached hydrogens (tertiary/aromatic N) is 4. The fraction of sp³-hybridized carbons (Fsp3) is 0.800. The van der Waals surface area contributed by atoms with Gasteiger partial charge in [-0.1, -0.05) is 0 Å². The van der Waals surface area contributed by atoms with E-state index in [9.17, 15) is 0 Å². The van der Waals surface area contributed by atoms with Crippen molar-refractivity contribution < 1.29 is 0 Å². The maximum Gasteiger partial charge on any atom is 0.227 e. The number of aromatic nitrogens is 3. The van der Waals surface area contributed by atoms with Gasteiger partial charge in [0, 0.05) is 26.1 Å². The highest BCUT2D eigenvalue weighted by Gasteiger charge is 2.23. The van der Waals surface area contributed by atoms with Crippen molar-refractivity contribution in [1.82, 2.24) is 14.8 Å². The normalized spacial score (nSPS) is 11.9. The average Bonchev–Trinajstić information content (AvgIpc) is 2.47. The van der Waals surface area contributed by atoms with E-state index in [0.717, 1.165) is 18.2 Å². The molecule has 0 spiro atoms. The molecule has 5 nitrogen and oxygen atoms in total. The van der Waals surface area contributed by atoms with Crippen molar-refractivity contribution in [3.8, 4) is 0 Å². The second kappa shape index (κ2) is 4.18. The van der Waals surface area contributed by atoms with Gasteiger partial charge in [-0.15, -0.1) is 10.2 Å². The Labute approximate surface area is 91.3 Å². The number of nitrogens with two attached hydrogens (primary N) is 1. The fourth-order valence-electron chi connectivity index (χ4n) is 1.57. The third kappa shape index (κ3) is 2.47. The maximum atomic E-state index is 5.56. The minimum absolute atomic E-state index is 0.0202. The summed E-state index contributed by atoms with van der Waals surface area (Å²) in [6.07, 6.45) is 0.762. The van der Waals surface area contributed by atoms with Crippen LogP contribution in [0.1, 0.15) is 26.6 Å². The van der Waals surface area contributed by atoms with Gasteiger partial charge in [0.15, 0.2) is 0 Å². The smallest absolute Gasteiger partial charge is 0.227 e. The van der Waals surface area contributed by atoms with Crippen LogP contribution in [0.3, 0.4) is 0 Å². The summed E-state index contributed by atoms with van der Waals surface area (Å²) in [7, 11) is 3.94. The summed E-state index contributed by atoms with van der Waals surface area (Å²) in [5, 5.41) is 8.37. The van der Waals surface area contributed by atoms with Crippen molar-refractivity contribution in [2.24, 2.45) is 5.73 Å². The Balaban J connectivity index is 3.21. The molecule has 0 aromatic carbocycles. The highest BCUT2D eigenvalue weighted by Crippen LogP contribution is 2.23. The zero-order chi connectivity index (χ0) is 11.6. The van der Waals surface area contributed by atoms with E-state index in [1.807, 2.05) is 19.0 Å². The van der Waals surface area contributed by atoms with Gasteiger partial charge in [0.1, 0.15) is 5.82 Å². The van der Waals surface area contributed by atoms with Crippen molar-refractivity contribution >= 4 is 5.95 Å². The first-order chi connectivity index (χ1) is 6.88. The average molecular weight is 211 g/mol. The van der Waals surface area contributed by atoms with E-state index in [1.165, 1.54) is 0 Å². The lowest BCUT2D eigenvalue weighted by Gasteiger charge is -2.26. The monoisotopic (exact) mass is 211 g/mol. The zero-order valence-electron chi connectivity index (χ0n) is 10.3. The minimum Gasteiger partial charge on any atom is -0.347 e. The van der Waals surface area contributed by atoms with E-state index in [2.05, 4.69) is 35.5 Å². The van der Waals surface area contributed by atoms with Crippen molar-refractivity contribution in [2.45, 2.75) is 32.7 Å². The van der Waals surface area contributed by atoms with Crippen molar-refractivity contribution in [2.75, 3.05) is 25.5 Å². The Morgan fingerprint density at radius 3 is 2.27 bits per heavy atom. The Hall–Kier alpha value is -1.10. The number of hydrogen-bond acceptors (Lipinski definition) is 4. The van der Waals surface area contributed by atoms with Crippen LogP contribution < -0.4 is 10.6 Å². The minimum atomic E-state index is -0.0202. The van der Waals surface area contributed by atoms with Gasteiger partial charge in [-0.05, 0) is 27.3 Å². The summed E-state index contributed by atoms with van der Waals surface area (Å²) in [4.78, 5) is 1.97. The quantitative estimate of drug-likeness (QED) is 0.795. The van der Waals surface area contributed by atoms with Crippen LogP contribution >= 0.6 is 0 Å². The molecule has 0 amide bonds. The largest absolute Gasteiger partial charge is 0.347 e. The van der Waals surface area contributed by atoms with E-state index in [4.69, 9.17) is 5.73 Å². The summed E-state index contributed by atoms with van der Waals surface area (Å²) < 4.78 is 2.14. The van der Waals surface area contributed by atoms with Crippen LogP contribution in [0.5, 0.6) is 0 Å². The molecule has 0 aliphatic carbocycles. The van der Waals surface area contributed by atoms with Crippen molar-refractivity contribution in [3.05, 3.63) is 5.82 Å². The molecule has 2 N–H and O–H groups in total. The van der Waals surface area contributed by atoms with Gasteiger partial charge in [-0.25, -0.2) is 0 Å². The first kappa shape index (κ1) is 12.0. The third-order valence-corrected chi connectivity index (χ3v) is 2.15. The van der Waals surface area contributed by atoms with Gasteiger partial charge in [0.05, 0.1) is 0 Å². The molecule has 0 aliphatic heterocycles. The van der Waals surface area contributed by atoms with Crippen molar-refractivity contribution in [1.29, 1.82) is 0 Å². The highest BCUT2D eigenvalue weighted by atomic mass is 15.4. The van der Waals surface area contributed by atoms with E-state index >= 15 is 0 Å². The van der Waals surface area contributed by atoms with E-state index in [1.54, 1.807) is 0 Å². The molecule has 1 heterocycles. The molecule has 0 saturated carbocycles. The molecule has 0 saturated heterocycles. The molecule has 1 rings (SSSR count). The standard InChI is InChI=1S/C10H21N5/c1-10(2,3)15-8(6-7-11)12-13-9(15)14(4)5/h6-7,11H2,1-5H3. The Morgan fingerprint density at radius 1 is 1.27 bits per heavy atom. The van der Waals surface area contributed by atoms with Gasteiger partial charge < -0.3 is 10.6 Å². The first-order valence-corrected chi connectivity index (χ1v) is 5.20. The SMILES string of the molecule is CN(C)c1nnc(CCN)n1C(C)(C)C. The van der Waals surface area contributed by atoms with Gasteiger partial charge in [-0.3, -0.25) is 4.57 Å². The van der Waals surface area contributed by atoms with Gasteiger partial charge >= 0.3 is 0 Å². The third-order valence-electron chi connectivity index (χ3n) is 2.15. The zero-order valence-corrected chi connectivity index (χ0v) is 10.3. The summed E-state index contributed by atoms with van der Waals surface area (Å²) in [6.45, 7) is 7.03. The van der Waals surface area contributed by atoms with E-state index < -0.39 is 0 Å². The molecule has 0 atom stereocenters. The van der Waals surface area contributed by atoms with Crippen LogP contribution in [0, 0.1) is 0 Å². The lowest BCUT2D eigenvalue weighted by atomic mass is 10.1. The molecule has 0 radical (unpaired) electrons. The van der Waals surface area contributed by atoms with E-state index in [0.29, 0.717) is 6.54 Å². The molecular weight excluding hydrogens is 190 g/mol. The molecule has 0 fully saturated rings. The Bertz CT molecular complexity index is 321. The van der Waals surface area contributed by atoms with Crippen molar-refractivity contribution in [3.63, 3.8) is 0 Å². The molecule has 15 heavy (non-hydrogen) atoms.